The van der Waals surface area contributed by atoms with Crippen LogP contribution >= 0.6 is 12.2 Å². The molecule has 4 heteroatoms. The fourth-order valence-electron chi connectivity index (χ4n) is 2.23. The topological polar surface area (TPSA) is 47.8 Å². The Kier molecular flexibility index (Phi) is 5.93. The highest BCUT2D eigenvalue weighted by Gasteiger charge is 2.10. The van der Waals surface area contributed by atoms with Gasteiger partial charge in [0.25, 0.3) is 0 Å². The van der Waals surface area contributed by atoms with Crippen molar-refractivity contribution in [3.63, 3.8) is 0 Å². The van der Waals surface area contributed by atoms with Crippen molar-refractivity contribution < 1.29 is 0 Å². The minimum Gasteiger partial charge on any atom is -0.356 e. The molecule has 2 N–H and O–H groups in total. The Morgan fingerprint density at radius 1 is 1.14 bits per heavy atom. The fourth-order valence-corrected chi connectivity index (χ4v) is 2.49. The van der Waals surface area contributed by atoms with Crippen LogP contribution in [-0.2, 0) is 6.42 Å². The molecule has 0 aromatic heterocycles. The Morgan fingerprint density at radius 2 is 1.82 bits per heavy atom. The number of nitrogens with one attached hydrogen (secondary N) is 2. The number of hydrogen-bond donors (Lipinski definition) is 2. The van der Waals surface area contributed by atoms with Gasteiger partial charge in [0, 0.05) is 5.69 Å². The van der Waals surface area contributed by atoms with Gasteiger partial charge >= 0.3 is 0 Å². The number of nitriles is 1. The molecule has 0 bridgehead atoms. The fraction of sp³-hybridized carbons (Fsp3) is 0.222. The van der Waals surface area contributed by atoms with E-state index >= 15 is 0 Å². The molecule has 0 spiro atoms. The summed E-state index contributed by atoms with van der Waals surface area (Å²) in [4.78, 5) is 0. The molecule has 0 saturated heterocycles. The molecule has 0 aliphatic heterocycles. The highest BCUT2D eigenvalue weighted by Crippen LogP contribution is 2.16. The van der Waals surface area contributed by atoms with Gasteiger partial charge in [-0.3, -0.25) is 0 Å². The maximum atomic E-state index is 8.67. The number of benzene rings is 2. The third-order valence-electron chi connectivity index (χ3n) is 3.41. The monoisotopic (exact) mass is 309 g/mol. The van der Waals surface area contributed by atoms with Gasteiger partial charge in [-0.25, -0.2) is 0 Å². The zero-order valence-electron chi connectivity index (χ0n) is 12.5. The zero-order chi connectivity index (χ0) is 15.8. The Bertz CT molecular complexity index is 644. The van der Waals surface area contributed by atoms with Gasteiger partial charge in [-0.05, 0) is 41.9 Å². The number of nitrogens with zero attached hydrogens (tertiary/aromatic N) is 1. The smallest absolute Gasteiger partial charge is 0.171 e. The molecule has 22 heavy (non-hydrogen) atoms. The molecule has 0 aliphatic carbocycles. The van der Waals surface area contributed by atoms with Crippen molar-refractivity contribution in [1.29, 1.82) is 5.26 Å². The number of rotatable bonds is 5. The molecule has 2 aromatic rings. The third-order valence-corrected chi connectivity index (χ3v) is 3.63. The van der Waals surface area contributed by atoms with Gasteiger partial charge in [0.05, 0.1) is 18.5 Å². The lowest BCUT2D eigenvalue weighted by Gasteiger charge is -2.20. The van der Waals surface area contributed by atoms with Gasteiger partial charge in [-0.1, -0.05) is 49.4 Å². The van der Waals surface area contributed by atoms with Crippen molar-refractivity contribution in [2.75, 3.05) is 5.32 Å². The average molecular weight is 309 g/mol. The highest BCUT2D eigenvalue weighted by atomic mass is 32.1. The molecule has 1 atom stereocenters. The molecule has 3 nitrogen and oxygen atoms in total. The van der Waals surface area contributed by atoms with Gasteiger partial charge in [0.2, 0.25) is 0 Å². The third kappa shape index (κ3) is 4.57. The summed E-state index contributed by atoms with van der Waals surface area (Å²) in [6.45, 7) is 2.13. The Hall–Kier alpha value is -2.38. The van der Waals surface area contributed by atoms with Crippen LogP contribution in [0.2, 0.25) is 0 Å². The summed E-state index contributed by atoms with van der Waals surface area (Å²) >= 11 is 5.39. The maximum Gasteiger partial charge on any atom is 0.171 e. The predicted octanol–water partition coefficient (Wildman–Crippen LogP) is 4.19. The second-order valence-corrected chi connectivity index (χ2v) is 5.41. The highest BCUT2D eigenvalue weighted by molar-refractivity contribution is 7.80. The van der Waals surface area contributed by atoms with E-state index in [1.807, 2.05) is 42.5 Å². The van der Waals surface area contributed by atoms with E-state index in [4.69, 9.17) is 17.5 Å². The van der Waals surface area contributed by atoms with E-state index in [1.165, 1.54) is 5.56 Å². The zero-order valence-corrected chi connectivity index (χ0v) is 13.4. The molecule has 2 aromatic carbocycles. The lowest BCUT2D eigenvalue weighted by Crippen LogP contribution is -2.32. The van der Waals surface area contributed by atoms with Gasteiger partial charge in [-0.2, -0.15) is 5.26 Å². The van der Waals surface area contributed by atoms with Crippen LogP contribution in [-0.4, -0.2) is 5.11 Å². The molecular weight excluding hydrogens is 290 g/mol. The van der Waals surface area contributed by atoms with Crippen LogP contribution in [0.1, 0.15) is 30.5 Å². The van der Waals surface area contributed by atoms with Crippen LogP contribution in [0.15, 0.2) is 54.6 Å². The SMILES string of the molecule is CC[C@H](NC(=S)Nc1ccc(CC#N)cc1)c1ccccc1. The molecular formula is C18H19N3S. The molecule has 0 aliphatic rings. The van der Waals surface area contributed by atoms with Crippen LogP contribution < -0.4 is 10.6 Å². The first-order chi connectivity index (χ1) is 10.7. The molecule has 0 heterocycles. The number of thiocarbonyl (C=S) groups is 1. The lowest BCUT2D eigenvalue weighted by atomic mass is 10.1. The summed E-state index contributed by atoms with van der Waals surface area (Å²) in [5.74, 6) is 0. The van der Waals surface area contributed by atoms with E-state index in [0.717, 1.165) is 17.7 Å². The van der Waals surface area contributed by atoms with E-state index in [2.05, 4.69) is 35.8 Å². The van der Waals surface area contributed by atoms with Gasteiger partial charge in [0.1, 0.15) is 0 Å². The first kappa shape index (κ1) is 16.0. The minimum atomic E-state index is 0.194. The Balaban J connectivity index is 1.95. The summed E-state index contributed by atoms with van der Waals surface area (Å²) in [5, 5.41) is 15.8. The van der Waals surface area contributed by atoms with Gasteiger partial charge in [0.15, 0.2) is 5.11 Å². The molecule has 0 amide bonds. The number of anilines is 1. The van der Waals surface area contributed by atoms with Gasteiger partial charge in [-0.15, -0.1) is 0 Å². The van der Waals surface area contributed by atoms with Crippen LogP contribution in [0.4, 0.5) is 5.69 Å². The van der Waals surface area contributed by atoms with Crippen molar-refractivity contribution in [2.24, 2.45) is 0 Å². The second kappa shape index (κ2) is 8.16. The van der Waals surface area contributed by atoms with E-state index in [-0.39, 0.29) is 6.04 Å². The largest absolute Gasteiger partial charge is 0.356 e. The summed E-state index contributed by atoms with van der Waals surface area (Å²) in [5.41, 5.74) is 3.14. The first-order valence-corrected chi connectivity index (χ1v) is 7.72. The van der Waals surface area contributed by atoms with Crippen molar-refractivity contribution >= 4 is 23.0 Å². The van der Waals surface area contributed by atoms with Crippen molar-refractivity contribution in [3.8, 4) is 6.07 Å². The molecule has 0 unspecified atom stereocenters. The maximum absolute atomic E-state index is 8.67. The summed E-state index contributed by atoms with van der Waals surface area (Å²) in [7, 11) is 0. The predicted molar refractivity (Wildman–Crippen MR) is 94.6 cm³/mol. The van der Waals surface area contributed by atoms with Crippen molar-refractivity contribution in [1.82, 2.24) is 5.32 Å². The Morgan fingerprint density at radius 3 is 2.41 bits per heavy atom. The van der Waals surface area contributed by atoms with Crippen molar-refractivity contribution in [2.45, 2.75) is 25.8 Å². The van der Waals surface area contributed by atoms with E-state index in [9.17, 15) is 0 Å². The van der Waals surface area contributed by atoms with E-state index in [1.54, 1.807) is 0 Å². The van der Waals surface area contributed by atoms with E-state index in [0.29, 0.717) is 11.5 Å². The molecule has 0 radical (unpaired) electrons. The van der Waals surface area contributed by atoms with Crippen LogP contribution in [0.25, 0.3) is 0 Å². The molecule has 0 fully saturated rings. The average Bonchev–Trinajstić information content (AvgIpc) is 2.55. The van der Waals surface area contributed by atoms with Crippen LogP contribution in [0.5, 0.6) is 0 Å². The summed E-state index contributed by atoms with van der Waals surface area (Å²) in [6.07, 6.45) is 1.38. The standard InChI is InChI=1S/C18H19N3S/c1-2-17(15-6-4-3-5-7-15)21-18(22)20-16-10-8-14(9-11-16)12-13-19/h3-11,17H,2,12H2,1H3,(H2,20,21,22)/t17-/m0/s1. The second-order valence-electron chi connectivity index (χ2n) is 5.00. The van der Waals surface area contributed by atoms with Gasteiger partial charge < -0.3 is 10.6 Å². The summed E-state index contributed by atoms with van der Waals surface area (Å²) in [6, 6.07) is 20.3. The molecule has 0 saturated carbocycles. The Labute approximate surface area is 137 Å². The van der Waals surface area contributed by atoms with Crippen LogP contribution in [0, 0.1) is 11.3 Å². The van der Waals surface area contributed by atoms with E-state index < -0.39 is 0 Å². The lowest BCUT2D eigenvalue weighted by molar-refractivity contribution is 0.629. The summed E-state index contributed by atoms with van der Waals surface area (Å²) < 4.78 is 0. The first-order valence-electron chi connectivity index (χ1n) is 7.31. The number of hydrogen-bond acceptors (Lipinski definition) is 2. The molecule has 112 valence electrons. The van der Waals surface area contributed by atoms with Crippen molar-refractivity contribution in [3.05, 3.63) is 65.7 Å². The quantitative estimate of drug-likeness (QED) is 0.813. The normalized spacial score (nSPS) is 11.3. The van der Waals surface area contributed by atoms with Crippen LogP contribution in [0.3, 0.4) is 0 Å². The minimum absolute atomic E-state index is 0.194. The molecule has 2 rings (SSSR count).